The Morgan fingerprint density at radius 1 is 1.58 bits per heavy atom. The van der Waals surface area contributed by atoms with Gasteiger partial charge in [-0.3, -0.25) is 16.5 Å². The Morgan fingerprint density at radius 3 is 2.58 bits per heavy atom. The molecule has 70 valence electrons. The summed E-state index contributed by atoms with van der Waals surface area (Å²) in [5.74, 6) is -0.717. The Hall–Kier alpha value is -1.30. The summed E-state index contributed by atoms with van der Waals surface area (Å²) < 4.78 is 0. The number of carbonyl (C=O) groups is 1. The lowest BCUT2D eigenvalue weighted by Crippen LogP contribution is -2.78. The zero-order valence-corrected chi connectivity index (χ0v) is 6.92. The zero-order valence-electron chi connectivity index (χ0n) is 6.92. The molecule has 0 saturated heterocycles. The van der Waals surface area contributed by atoms with Crippen LogP contribution in [0.2, 0.25) is 0 Å². The highest BCUT2D eigenvalue weighted by Gasteiger charge is 2.13. The van der Waals surface area contributed by atoms with E-state index < -0.39 is 12.0 Å². The largest absolute Gasteiger partial charge is 0.477 e. The van der Waals surface area contributed by atoms with E-state index in [1.807, 2.05) is 0 Å². The summed E-state index contributed by atoms with van der Waals surface area (Å²) in [6.07, 6.45) is 1.22. The third kappa shape index (κ3) is 5.48. The van der Waals surface area contributed by atoms with Gasteiger partial charge in [-0.25, -0.2) is 4.79 Å². The highest BCUT2D eigenvalue weighted by Crippen LogP contribution is 1.88. The second-order valence-corrected chi connectivity index (χ2v) is 2.56. The molecule has 0 aliphatic rings. The van der Waals surface area contributed by atoms with E-state index in [2.05, 4.69) is 10.7 Å². The number of guanidine groups is 1. The summed E-state index contributed by atoms with van der Waals surface area (Å²) in [4.78, 5) is 13.0. The van der Waals surface area contributed by atoms with E-state index in [4.69, 9.17) is 16.6 Å². The maximum Gasteiger partial charge on any atom is 0.362 e. The molecule has 0 saturated carbocycles. The van der Waals surface area contributed by atoms with Crippen molar-refractivity contribution in [2.75, 3.05) is 6.54 Å². The van der Waals surface area contributed by atoms with Gasteiger partial charge in [0, 0.05) is 6.42 Å². The number of hydrogen-bond acceptors (Lipinski definition) is 1. The summed E-state index contributed by atoms with van der Waals surface area (Å²) in [7, 11) is 0. The van der Waals surface area contributed by atoms with Crippen molar-refractivity contribution in [1.29, 1.82) is 0 Å². The van der Waals surface area contributed by atoms with Crippen molar-refractivity contribution in [1.82, 2.24) is 0 Å². The molecule has 0 aromatic rings. The number of rotatable bonds is 5. The van der Waals surface area contributed by atoms with Gasteiger partial charge in [0.15, 0.2) is 6.04 Å². The smallest absolute Gasteiger partial charge is 0.362 e. The third-order valence-electron chi connectivity index (χ3n) is 1.41. The molecular weight excluding hydrogens is 160 g/mol. The van der Waals surface area contributed by atoms with E-state index in [-0.39, 0.29) is 5.96 Å². The van der Waals surface area contributed by atoms with Crippen LogP contribution in [0.25, 0.3) is 0 Å². The Bertz CT molecular complexity index is 176. The Morgan fingerprint density at radius 2 is 2.17 bits per heavy atom. The van der Waals surface area contributed by atoms with E-state index in [1.165, 1.54) is 0 Å². The fraction of sp³-hybridized carbons (Fsp3) is 0.667. The van der Waals surface area contributed by atoms with Gasteiger partial charge in [-0.1, -0.05) is 0 Å². The van der Waals surface area contributed by atoms with Crippen LogP contribution < -0.4 is 22.2 Å². The molecule has 9 N–H and O–H groups in total. The van der Waals surface area contributed by atoms with Crippen molar-refractivity contribution in [3.63, 3.8) is 0 Å². The molecule has 0 spiro atoms. The number of quaternary nitrogens is 1. The molecular formula is C6H16N4O2+2. The SMILES string of the molecule is NC(N)=[NH+]CCC[C@H]([NH3+])C(=O)O. The van der Waals surface area contributed by atoms with E-state index in [0.29, 0.717) is 19.4 Å². The Labute approximate surface area is 70.4 Å². The number of hydrogen-bond donors (Lipinski definition) is 5. The van der Waals surface area contributed by atoms with Crippen LogP contribution in [0.5, 0.6) is 0 Å². The van der Waals surface area contributed by atoms with E-state index >= 15 is 0 Å². The molecule has 0 aliphatic heterocycles. The molecule has 0 unspecified atom stereocenters. The minimum absolute atomic E-state index is 0.158. The average Bonchev–Trinajstić information content (AvgIpc) is 1.97. The summed E-state index contributed by atoms with van der Waals surface area (Å²) in [6.45, 7) is 0.585. The minimum atomic E-state index is -0.875. The molecule has 0 aromatic carbocycles. The van der Waals surface area contributed by atoms with Gasteiger partial charge in [-0.15, -0.1) is 0 Å². The summed E-state index contributed by atoms with van der Waals surface area (Å²) in [6, 6.07) is -0.550. The molecule has 6 heteroatoms. The molecule has 0 fully saturated rings. The highest BCUT2D eigenvalue weighted by atomic mass is 16.4. The molecule has 6 nitrogen and oxygen atoms in total. The van der Waals surface area contributed by atoms with E-state index in [9.17, 15) is 4.79 Å². The fourth-order valence-corrected chi connectivity index (χ4v) is 0.705. The first kappa shape index (κ1) is 10.7. The number of carboxylic acids is 1. The van der Waals surface area contributed by atoms with Gasteiger partial charge in [0.2, 0.25) is 0 Å². The second-order valence-electron chi connectivity index (χ2n) is 2.56. The van der Waals surface area contributed by atoms with Crippen LogP contribution in [0.1, 0.15) is 12.8 Å². The van der Waals surface area contributed by atoms with Crippen LogP contribution in [-0.4, -0.2) is 29.6 Å². The van der Waals surface area contributed by atoms with Crippen molar-refractivity contribution in [3.05, 3.63) is 0 Å². The van der Waals surface area contributed by atoms with Crippen LogP contribution >= 0.6 is 0 Å². The third-order valence-corrected chi connectivity index (χ3v) is 1.41. The van der Waals surface area contributed by atoms with Crippen molar-refractivity contribution in [2.45, 2.75) is 18.9 Å². The standard InChI is InChI=1S/C6H14N4O2/c7-4(5(11)12)2-1-3-10-6(8)9/h4H,1-3,7H2,(H,11,12)(H4,8,9,10)/p+2/t4-/m0/s1. The van der Waals surface area contributed by atoms with Crippen molar-refractivity contribution < 1.29 is 20.6 Å². The normalized spacial score (nSPS) is 12.1. The van der Waals surface area contributed by atoms with Crippen LogP contribution in [0.15, 0.2) is 0 Å². The summed E-state index contributed by atoms with van der Waals surface area (Å²) in [5, 5.41) is 8.45. The van der Waals surface area contributed by atoms with Crippen LogP contribution in [0, 0.1) is 0 Å². The van der Waals surface area contributed by atoms with Gasteiger partial charge in [-0.2, -0.15) is 0 Å². The Kier molecular flexibility index (Phi) is 4.78. The maximum absolute atomic E-state index is 10.3. The molecule has 0 amide bonds. The number of nitrogens with one attached hydrogen (secondary N) is 1. The monoisotopic (exact) mass is 176 g/mol. The molecule has 0 bridgehead atoms. The molecule has 12 heavy (non-hydrogen) atoms. The number of carboxylic acid groups (broad SMARTS) is 1. The molecule has 1 atom stereocenters. The van der Waals surface area contributed by atoms with Crippen LogP contribution in [0.4, 0.5) is 0 Å². The van der Waals surface area contributed by atoms with E-state index in [1.54, 1.807) is 0 Å². The van der Waals surface area contributed by atoms with Crippen LogP contribution in [-0.2, 0) is 4.79 Å². The number of aliphatic carboxylic acids is 1. The quantitative estimate of drug-likeness (QED) is 0.165. The predicted molar refractivity (Wildman–Crippen MR) is 42.8 cm³/mol. The van der Waals surface area contributed by atoms with Gasteiger partial charge in [0.25, 0.3) is 0 Å². The average molecular weight is 176 g/mol. The lowest BCUT2D eigenvalue weighted by molar-refractivity contribution is -0.463. The first-order valence-electron chi connectivity index (χ1n) is 3.71. The summed E-state index contributed by atoms with van der Waals surface area (Å²) in [5.41, 5.74) is 13.7. The molecule has 0 heterocycles. The maximum atomic E-state index is 10.3. The molecule has 0 aromatic heterocycles. The fourth-order valence-electron chi connectivity index (χ4n) is 0.705. The molecule has 0 radical (unpaired) electrons. The lowest BCUT2D eigenvalue weighted by Gasteiger charge is -1.99. The number of nitrogens with two attached hydrogens (primary N) is 2. The van der Waals surface area contributed by atoms with Crippen molar-refractivity contribution in [3.8, 4) is 0 Å². The minimum Gasteiger partial charge on any atom is -0.477 e. The summed E-state index contributed by atoms with van der Waals surface area (Å²) >= 11 is 0. The van der Waals surface area contributed by atoms with Gasteiger partial charge >= 0.3 is 11.9 Å². The van der Waals surface area contributed by atoms with E-state index in [0.717, 1.165) is 0 Å². The van der Waals surface area contributed by atoms with Crippen LogP contribution in [0.3, 0.4) is 0 Å². The second kappa shape index (κ2) is 5.36. The zero-order chi connectivity index (χ0) is 9.56. The lowest BCUT2D eigenvalue weighted by atomic mass is 10.2. The first-order chi connectivity index (χ1) is 5.54. The predicted octanol–water partition coefficient (Wildman–Crippen LogP) is -4.18. The van der Waals surface area contributed by atoms with Gasteiger partial charge in [0.05, 0.1) is 6.54 Å². The van der Waals surface area contributed by atoms with Gasteiger partial charge in [-0.05, 0) is 6.42 Å². The van der Waals surface area contributed by atoms with Gasteiger partial charge in [0.1, 0.15) is 0 Å². The topological polar surface area (TPSA) is 131 Å². The van der Waals surface area contributed by atoms with Crippen molar-refractivity contribution in [2.24, 2.45) is 11.5 Å². The molecule has 0 rings (SSSR count). The Balaban J connectivity index is 3.44. The molecule has 0 aliphatic carbocycles. The highest BCUT2D eigenvalue weighted by molar-refractivity contribution is 5.71. The first-order valence-corrected chi connectivity index (χ1v) is 3.71. The van der Waals surface area contributed by atoms with Gasteiger partial charge < -0.3 is 10.8 Å². The van der Waals surface area contributed by atoms with Crippen molar-refractivity contribution >= 4 is 11.9 Å².